The van der Waals surface area contributed by atoms with Gasteiger partial charge in [-0.25, -0.2) is 0 Å². The number of hydrogen-bond acceptors (Lipinski definition) is 2. The van der Waals surface area contributed by atoms with Gasteiger partial charge >= 0.3 is 0 Å². The molecule has 0 amide bonds. The predicted octanol–water partition coefficient (Wildman–Crippen LogP) is 2.54. The first-order chi connectivity index (χ1) is 8.82. The predicted molar refractivity (Wildman–Crippen MR) is 77.9 cm³/mol. The van der Waals surface area contributed by atoms with E-state index in [0.717, 1.165) is 18.5 Å². The Kier molecular flexibility index (Phi) is 3.52. The number of amidine groups is 1. The Hall–Kier alpha value is -1.58. The van der Waals surface area contributed by atoms with Crippen molar-refractivity contribution in [1.82, 2.24) is 4.57 Å². The summed E-state index contributed by atoms with van der Waals surface area (Å²) in [5.74, 6) is -0.141. The van der Waals surface area contributed by atoms with Crippen LogP contribution >= 0.6 is 0 Å². The number of nitrogens with zero attached hydrogens (tertiary/aromatic N) is 1. The third-order valence-corrected chi connectivity index (χ3v) is 3.87. The van der Waals surface area contributed by atoms with Crippen LogP contribution in [0, 0.1) is 5.41 Å². The maximum Gasteiger partial charge on any atom is 0.262 e. The number of nitrogen functional groups attached to an aromatic ring is 1. The van der Waals surface area contributed by atoms with Crippen LogP contribution in [0.1, 0.15) is 63.8 Å². The van der Waals surface area contributed by atoms with Gasteiger partial charge in [0.2, 0.25) is 0 Å². The second-order valence-electron chi connectivity index (χ2n) is 6.41. The van der Waals surface area contributed by atoms with E-state index in [9.17, 15) is 4.79 Å². The van der Waals surface area contributed by atoms with Gasteiger partial charge < -0.3 is 10.3 Å². The van der Waals surface area contributed by atoms with Crippen LogP contribution in [0.25, 0.3) is 0 Å². The molecule has 0 atom stereocenters. The van der Waals surface area contributed by atoms with Gasteiger partial charge in [-0.15, -0.1) is 0 Å². The SMILES string of the molecule is CC(C)(C)c1ccc(C(=N)N)c(=O)n1C1CCCC1. The quantitative estimate of drug-likeness (QED) is 0.634. The van der Waals surface area contributed by atoms with E-state index in [1.807, 2.05) is 10.6 Å². The van der Waals surface area contributed by atoms with Crippen LogP contribution in [0.2, 0.25) is 0 Å². The van der Waals surface area contributed by atoms with Gasteiger partial charge in [0.05, 0.1) is 5.56 Å². The van der Waals surface area contributed by atoms with Gasteiger partial charge in [0, 0.05) is 17.2 Å². The van der Waals surface area contributed by atoms with Gasteiger partial charge in [-0.05, 0) is 25.0 Å². The van der Waals surface area contributed by atoms with E-state index in [1.54, 1.807) is 6.07 Å². The average molecular weight is 261 g/mol. The molecule has 1 aromatic rings. The molecule has 0 spiro atoms. The molecule has 19 heavy (non-hydrogen) atoms. The fourth-order valence-electron chi connectivity index (χ4n) is 2.89. The molecule has 0 radical (unpaired) electrons. The number of aromatic nitrogens is 1. The zero-order valence-corrected chi connectivity index (χ0v) is 12.0. The van der Waals surface area contributed by atoms with Crippen molar-refractivity contribution in [3.8, 4) is 0 Å². The highest BCUT2D eigenvalue weighted by Crippen LogP contribution is 2.32. The van der Waals surface area contributed by atoms with Crippen molar-refractivity contribution in [3.63, 3.8) is 0 Å². The summed E-state index contributed by atoms with van der Waals surface area (Å²) in [4.78, 5) is 12.6. The molecule has 1 saturated carbocycles. The standard InChI is InChI=1S/C15H23N3O/c1-15(2,3)12-9-8-11(13(16)17)14(19)18(12)10-6-4-5-7-10/h8-10H,4-7H2,1-3H3,(H3,16,17). The highest BCUT2D eigenvalue weighted by Gasteiger charge is 2.27. The van der Waals surface area contributed by atoms with Crippen molar-refractivity contribution in [3.05, 3.63) is 33.7 Å². The topological polar surface area (TPSA) is 71.9 Å². The molecule has 1 fully saturated rings. The summed E-state index contributed by atoms with van der Waals surface area (Å²) in [6, 6.07) is 3.91. The van der Waals surface area contributed by atoms with Crippen LogP contribution < -0.4 is 11.3 Å². The van der Waals surface area contributed by atoms with Crippen LogP contribution in [0.4, 0.5) is 0 Å². The van der Waals surface area contributed by atoms with Gasteiger partial charge in [0.1, 0.15) is 5.84 Å². The van der Waals surface area contributed by atoms with Gasteiger partial charge in [-0.1, -0.05) is 33.6 Å². The molecule has 1 aliphatic rings. The van der Waals surface area contributed by atoms with E-state index >= 15 is 0 Å². The Bertz CT molecular complexity index is 545. The van der Waals surface area contributed by atoms with Gasteiger partial charge in [0.15, 0.2) is 0 Å². The first-order valence-corrected chi connectivity index (χ1v) is 6.93. The summed E-state index contributed by atoms with van der Waals surface area (Å²) >= 11 is 0. The zero-order valence-electron chi connectivity index (χ0n) is 12.0. The number of nitrogens with two attached hydrogens (primary N) is 1. The fourth-order valence-corrected chi connectivity index (χ4v) is 2.89. The molecule has 1 aromatic heterocycles. The van der Waals surface area contributed by atoms with Crippen molar-refractivity contribution < 1.29 is 0 Å². The molecule has 4 nitrogen and oxygen atoms in total. The number of rotatable bonds is 2. The Morgan fingerprint density at radius 2 is 1.89 bits per heavy atom. The van der Waals surface area contributed by atoms with Gasteiger partial charge in [0.25, 0.3) is 5.56 Å². The molecule has 4 heteroatoms. The highest BCUT2D eigenvalue weighted by molar-refractivity contribution is 5.94. The van der Waals surface area contributed by atoms with E-state index in [1.165, 1.54) is 12.8 Å². The smallest absolute Gasteiger partial charge is 0.262 e. The highest BCUT2D eigenvalue weighted by atomic mass is 16.1. The summed E-state index contributed by atoms with van der Waals surface area (Å²) in [6.07, 6.45) is 4.44. The van der Waals surface area contributed by atoms with Crippen molar-refractivity contribution in [2.45, 2.75) is 57.9 Å². The van der Waals surface area contributed by atoms with E-state index in [-0.39, 0.29) is 22.9 Å². The number of pyridine rings is 1. The monoisotopic (exact) mass is 261 g/mol. The van der Waals surface area contributed by atoms with Gasteiger partial charge in [-0.3, -0.25) is 10.2 Å². The molecule has 0 saturated heterocycles. The molecule has 1 aliphatic carbocycles. The molecule has 0 bridgehead atoms. The first-order valence-electron chi connectivity index (χ1n) is 6.93. The third kappa shape index (κ3) is 2.57. The summed E-state index contributed by atoms with van der Waals surface area (Å²) < 4.78 is 1.89. The van der Waals surface area contributed by atoms with Gasteiger partial charge in [-0.2, -0.15) is 0 Å². The summed E-state index contributed by atoms with van der Waals surface area (Å²) in [5, 5.41) is 7.53. The second-order valence-corrected chi connectivity index (χ2v) is 6.41. The zero-order chi connectivity index (χ0) is 14.2. The normalized spacial score (nSPS) is 16.8. The van der Waals surface area contributed by atoms with E-state index in [0.29, 0.717) is 5.56 Å². The lowest BCUT2D eigenvalue weighted by atomic mass is 9.90. The van der Waals surface area contributed by atoms with Crippen LogP contribution in [-0.4, -0.2) is 10.4 Å². The molecular formula is C15H23N3O. The third-order valence-electron chi connectivity index (χ3n) is 3.87. The fraction of sp³-hybridized carbons (Fsp3) is 0.600. The minimum atomic E-state index is -0.141. The molecule has 3 N–H and O–H groups in total. The minimum Gasteiger partial charge on any atom is -0.384 e. The minimum absolute atomic E-state index is 0.0862. The van der Waals surface area contributed by atoms with Crippen LogP contribution in [0.3, 0.4) is 0 Å². The number of hydrogen-bond donors (Lipinski definition) is 2. The Balaban J connectivity index is 2.66. The van der Waals surface area contributed by atoms with Crippen LogP contribution in [0.5, 0.6) is 0 Å². The second kappa shape index (κ2) is 4.83. The Labute approximate surface area is 114 Å². The molecule has 104 valence electrons. The lowest BCUT2D eigenvalue weighted by molar-refractivity contribution is 0.431. The lowest BCUT2D eigenvalue weighted by Gasteiger charge is -2.28. The van der Waals surface area contributed by atoms with E-state index in [2.05, 4.69) is 20.8 Å². The maximum atomic E-state index is 12.6. The lowest BCUT2D eigenvalue weighted by Crippen LogP contribution is -2.36. The summed E-state index contributed by atoms with van der Waals surface area (Å²) in [7, 11) is 0. The molecular weight excluding hydrogens is 238 g/mol. The summed E-state index contributed by atoms with van der Waals surface area (Å²) in [6.45, 7) is 6.34. The first kappa shape index (κ1) is 13.8. The molecule has 0 aromatic carbocycles. The molecule has 1 heterocycles. The molecule has 0 unspecified atom stereocenters. The van der Waals surface area contributed by atoms with Crippen molar-refractivity contribution in [2.75, 3.05) is 0 Å². The van der Waals surface area contributed by atoms with Crippen molar-refractivity contribution in [2.24, 2.45) is 5.73 Å². The Morgan fingerprint density at radius 3 is 2.37 bits per heavy atom. The van der Waals surface area contributed by atoms with E-state index in [4.69, 9.17) is 11.1 Å². The van der Waals surface area contributed by atoms with Crippen LogP contribution in [0.15, 0.2) is 16.9 Å². The average Bonchev–Trinajstić information content (AvgIpc) is 2.79. The molecule has 2 rings (SSSR count). The molecule has 0 aliphatic heterocycles. The maximum absolute atomic E-state index is 12.6. The Morgan fingerprint density at radius 1 is 1.32 bits per heavy atom. The largest absolute Gasteiger partial charge is 0.384 e. The van der Waals surface area contributed by atoms with Crippen molar-refractivity contribution in [1.29, 1.82) is 5.41 Å². The van der Waals surface area contributed by atoms with Crippen LogP contribution in [-0.2, 0) is 5.41 Å². The van der Waals surface area contributed by atoms with E-state index < -0.39 is 0 Å². The summed E-state index contributed by atoms with van der Waals surface area (Å²) in [5.41, 5.74) is 6.68. The number of nitrogens with one attached hydrogen (secondary N) is 1. The van der Waals surface area contributed by atoms with Crippen molar-refractivity contribution >= 4 is 5.84 Å².